The van der Waals surface area contributed by atoms with Crippen molar-refractivity contribution in [1.82, 2.24) is 19.8 Å². The summed E-state index contributed by atoms with van der Waals surface area (Å²) < 4.78 is 23.6. The minimum absolute atomic E-state index is 0.0332. The van der Waals surface area contributed by atoms with Crippen LogP contribution in [-0.4, -0.2) is 52.6 Å². The predicted molar refractivity (Wildman–Crippen MR) is 107 cm³/mol. The number of hydrogen-bond donors (Lipinski definition) is 1. The van der Waals surface area contributed by atoms with Crippen LogP contribution in [0.5, 0.6) is 0 Å². The van der Waals surface area contributed by atoms with Crippen LogP contribution in [0.15, 0.2) is 29.6 Å². The molecule has 1 N–H and O–H groups in total. The molecule has 2 amide bonds. The van der Waals surface area contributed by atoms with E-state index in [0.29, 0.717) is 0 Å². The normalized spacial score (nSPS) is 15.7. The maximum absolute atomic E-state index is 14.7. The minimum Gasteiger partial charge on any atom is -0.383 e. The van der Waals surface area contributed by atoms with E-state index in [0.717, 1.165) is 43.6 Å². The van der Waals surface area contributed by atoms with Gasteiger partial charge in [0.1, 0.15) is 11.9 Å². The van der Waals surface area contributed by atoms with Gasteiger partial charge in [0.15, 0.2) is 5.69 Å². The van der Waals surface area contributed by atoms with Gasteiger partial charge in [0.25, 0.3) is 5.91 Å². The monoisotopic (exact) mass is 420 g/mol. The number of nitrogens with zero attached hydrogens (tertiary/aromatic N) is 3. The molecular weight excluding hydrogens is 395 g/mol. The van der Waals surface area contributed by atoms with Gasteiger partial charge in [0.05, 0.1) is 6.61 Å². The maximum atomic E-state index is 14.7. The molecule has 0 unspecified atom stereocenters. The van der Waals surface area contributed by atoms with Crippen LogP contribution in [0.25, 0.3) is 0 Å². The SMILES string of the molecule is COCCN(C(=O)c1csnn1)[C@H](C(=O)NC1CCCCC1)c1ccccc1F. The second kappa shape index (κ2) is 10.4. The van der Waals surface area contributed by atoms with E-state index in [1.54, 1.807) is 12.1 Å². The Labute approximate surface area is 173 Å². The first kappa shape index (κ1) is 21.3. The number of amides is 2. The van der Waals surface area contributed by atoms with Gasteiger partial charge in [0, 0.05) is 30.6 Å². The molecule has 1 saturated carbocycles. The molecule has 1 aliphatic rings. The van der Waals surface area contributed by atoms with Crippen molar-refractivity contribution in [3.05, 3.63) is 46.7 Å². The van der Waals surface area contributed by atoms with E-state index in [-0.39, 0.29) is 30.5 Å². The van der Waals surface area contributed by atoms with E-state index in [9.17, 15) is 14.0 Å². The van der Waals surface area contributed by atoms with Crippen LogP contribution < -0.4 is 5.32 Å². The summed E-state index contributed by atoms with van der Waals surface area (Å²) in [4.78, 5) is 27.7. The molecule has 0 saturated heterocycles. The van der Waals surface area contributed by atoms with E-state index in [1.807, 2.05) is 0 Å². The zero-order chi connectivity index (χ0) is 20.6. The molecule has 1 aliphatic carbocycles. The van der Waals surface area contributed by atoms with Crippen LogP contribution in [0, 0.1) is 5.82 Å². The van der Waals surface area contributed by atoms with Crippen LogP contribution in [0.1, 0.15) is 54.2 Å². The van der Waals surface area contributed by atoms with E-state index in [1.165, 1.54) is 29.5 Å². The summed E-state index contributed by atoms with van der Waals surface area (Å²) in [5.41, 5.74) is 0.270. The van der Waals surface area contributed by atoms with Crippen molar-refractivity contribution in [2.75, 3.05) is 20.3 Å². The Bertz CT molecular complexity index is 812. The summed E-state index contributed by atoms with van der Waals surface area (Å²) in [6.07, 6.45) is 5.02. The molecule has 0 aliphatic heterocycles. The van der Waals surface area contributed by atoms with Gasteiger partial charge in [-0.2, -0.15) is 0 Å². The molecule has 1 aromatic carbocycles. The van der Waals surface area contributed by atoms with Crippen LogP contribution in [0.4, 0.5) is 4.39 Å². The smallest absolute Gasteiger partial charge is 0.276 e. The zero-order valence-electron chi connectivity index (χ0n) is 16.3. The first-order valence-corrected chi connectivity index (χ1v) is 10.6. The third-order valence-corrected chi connectivity index (χ3v) is 5.59. The van der Waals surface area contributed by atoms with Crippen molar-refractivity contribution >= 4 is 23.3 Å². The van der Waals surface area contributed by atoms with Crippen molar-refractivity contribution in [2.45, 2.75) is 44.2 Å². The summed E-state index contributed by atoms with van der Waals surface area (Å²) in [7, 11) is 1.51. The van der Waals surface area contributed by atoms with E-state index < -0.39 is 23.7 Å². The Morgan fingerprint density at radius 3 is 2.72 bits per heavy atom. The summed E-state index contributed by atoms with van der Waals surface area (Å²) in [6.45, 7) is 0.314. The Kier molecular flexibility index (Phi) is 7.65. The quantitative estimate of drug-likeness (QED) is 0.710. The fourth-order valence-electron chi connectivity index (χ4n) is 3.62. The predicted octanol–water partition coefficient (Wildman–Crippen LogP) is 2.96. The fourth-order valence-corrected chi connectivity index (χ4v) is 4.05. The number of benzene rings is 1. The Morgan fingerprint density at radius 1 is 1.31 bits per heavy atom. The molecule has 3 rings (SSSR count). The molecule has 2 aromatic rings. The molecular formula is C20H25FN4O3S. The molecule has 0 radical (unpaired) electrons. The van der Waals surface area contributed by atoms with E-state index >= 15 is 0 Å². The number of methoxy groups -OCH3 is 1. The van der Waals surface area contributed by atoms with Crippen molar-refractivity contribution < 1.29 is 18.7 Å². The molecule has 1 fully saturated rings. The number of carbonyl (C=O) groups excluding carboxylic acids is 2. The van der Waals surface area contributed by atoms with Crippen molar-refractivity contribution in [1.29, 1.82) is 0 Å². The first-order valence-electron chi connectivity index (χ1n) is 9.73. The van der Waals surface area contributed by atoms with Gasteiger partial charge >= 0.3 is 0 Å². The van der Waals surface area contributed by atoms with Gasteiger partial charge in [-0.25, -0.2) is 4.39 Å². The van der Waals surface area contributed by atoms with Crippen molar-refractivity contribution in [3.8, 4) is 0 Å². The highest BCUT2D eigenvalue weighted by atomic mass is 32.1. The van der Waals surface area contributed by atoms with Crippen LogP contribution in [-0.2, 0) is 9.53 Å². The molecule has 7 nitrogen and oxygen atoms in total. The van der Waals surface area contributed by atoms with Gasteiger partial charge in [-0.15, -0.1) is 5.10 Å². The number of halogens is 1. The fraction of sp³-hybridized carbons (Fsp3) is 0.500. The van der Waals surface area contributed by atoms with Crippen LogP contribution >= 0.6 is 11.5 Å². The number of rotatable bonds is 8. The van der Waals surface area contributed by atoms with E-state index in [4.69, 9.17) is 4.74 Å². The molecule has 1 heterocycles. The van der Waals surface area contributed by atoms with Gasteiger partial charge in [-0.05, 0) is 30.4 Å². The molecule has 1 atom stereocenters. The lowest BCUT2D eigenvalue weighted by molar-refractivity contribution is -0.127. The molecule has 1 aromatic heterocycles. The third kappa shape index (κ3) is 5.36. The molecule has 0 bridgehead atoms. The second-order valence-electron chi connectivity index (χ2n) is 7.05. The lowest BCUT2D eigenvalue weighted by Gasteiger charge is -2.33. The number of hydrogen-bond acceptors (Lipinski definition) is 6. The first-order chi connectivity index (χ1) is 14.1. The van der Waals surface area contributed by atoms with Gasteiger partial charge < -0.3 is 15.0 Å². The summed E-state index contributed by atoms with van der Waals surface area (Å²) in [5, 5.41) is 8.37. The largest absolute Gasteiger partial charge is 0.383 e. The summed E-state index contributed by atoms with van der Waals surface area (Å²) >= 11 is 1.04. The summed E-state index contributed by atoms with van der Waals surface area (Å²) in [6, 6.07) is 4.95. The molecule has 0 spiro atoms. The standard InChI is InChI=1S/C20H25FN4O3S/c1-28-12-11-25(20(27)17-13-29-24-23-17)18(15-9-5-6-10-16(15)21)19(26)22-14-7-3-2-4-8-14/h5-6,9-10,13-14,18H,2-4,7-8,11-12H2,1H3,(H,22,26)/t18-/m0/s1. The number of carbonyl (C=O) groups is 2. The van der Waals surface area contributed by atoms with Gasteiger partial charge in [-0.3, -0.25) is 9.59 Å². The Balaban J connectivity index is 1.94. The summed E-state index contributed by atoms with van der Waals surface area (Å²) in [5.74, 6) is -1.42. The second-order valence-corrected chi connectivity index (χ2v) is 7.66. The van der Waals surface area contributed by atoms with Crippen molar-refractivity contribution in [3.63, 3.8) is 0 Å². The molecule has 9 heteroatoms. The van der Waals surface area contributed by atoms with Gasteiger partial charge in [-0.1, -0.05) is 41.9 Å². The highest BCUT2D eigenvalue weighted by Gasteiger charge is 2.35. The van der Waals surface area contributed by atoms with Crippen molar-refractivity contribution in [2.24, 2.45) is 0 Å². The van der Waals surface area contributed by atoms with Crippen LogP contribution in [0.3, 0.4) is 0 Å². The topological polar surface area (TPSA) is 84.4 Å². The number of ether oxygens (including phenoxy) is 1. The number of aromatic nitrogens is 2. The molecule has 29 heavy (non-hydrogen) atoms. The number of nitrogens with one attached hydrogen (secondary N) is 1. The highest BCUT2D eigenvalue weighted by Crippen LogP contribution is 2.27. The van der Waals surface area contributed by atoms with Crippen LogP contribution in [0.2, 0.25) is 0 Å². The Morgan fingerprint density at radius 2 is 2.07 bits per heavy atom. The lowest BCUT2D eigenvalue weighted by Crippen LogP contribution is -2.48. The van der Waals surface area contributed by atoms with E-state index in [2.05, 4.69) is 14.9 Å². The van der Waals surface area contributed by atoms with Gasteiger partial charge in [0.2, 0.25) is 5.91 Å². The maximum Gasteiger partial charge on any atom is 0.276 e. The molecule has 156 valence electrons. The average molecular weight is 421 g/mol. The Hall–Kier alpha value is -2.39. The minimum atomic E-state index is -1.12. The third-order valence-electron chi connectivity index (χ3n) is 5.09. The lowest BCUT2D eigenvalue weighted by atomic mass is 9.94. The highest BCUT2D eigenvalue weighted by molar-refractivity contribution is 7.03. The zero-order valence-corrected chi connectivity index (χ0v) is 17.2. The average Bonchev–Trinajstić information content (AvgIpc) is 3.27.